The highest BCUT2D eigenvalue weighted by Crippen LogP contribution is 2.28. The molecule has 0 bridgehead atoms. The highest BCUT2D eigenvalue weighted by Gasteiger charge is 2.05. The minimum atomic E-state index is 0.889. The van der Waals surface area contributed by atoms with Crippen molar-refractivity contribution >= 4 is 5.69 Å². The molecule has 2 aromatic rings. The molecule has 93 valence electrons. The zero-order chi connectivity index (χ0) is 13.1. The molecule has 0 saturated carbocycles. The number of hydrogen-bond donors (Lipinski definition) is 0. The first-order chi connectivity index (χ1) is 8.61. The topological polar surface area (TPSA) is 12.5 Å². The highest BCUT2D eigenvalue weighted by molar-refractivity contribution is 5.71. The third-order valence-corrected chi connectivity index (χ3v) is 3.03. The second-order valence-electron chi connectivity index (χ2n) is 4.54. The molecule has 0 saturated heterocycles. The minimum absolute atomic E-state index is 0.889. The van der Waals surface area contributed by atoms with Gasteiger partial charge in [0, 0.05) is 19.8 Å². The zero-order valence-electron chi connectivity index (χ0n) is 11.3. The fourth-order valence-electron chi connectivity index (χ4n) is 1.95. The van der Waals surface area contributed by atoms with Crippen LogP contribution in [0.4, 0.5) is 5.69 Å². The maximum Gasteiger partial charge on any atom is 0.119 e. The Labute approximate surface area is 109 Å². The van der Waals surface area contributed by atoms with Crippen molar-refractivity contribution in [2.24, 2.45) is 0 Å². The van der Waals surface area contributed by atoms with Crippen molar-refractivity contribution in [2.75, 3.05) is 26.1 Å². The van der Waals surface area contributed by atoms with Crippen LogP contribution in [0, 0.1) is 13.0 Å². The predicted octanol–water partition coefficient (Wildman–Crippen LogP) is 3.54. The van der Waals surface area contributed by atoms with Crippen LogP contribution in [-0.2, 0) is 0 Å². The van der Waals surface area contributed by atoms with Gasteiger partial charge in [-0.3, -0.25) is 0 Å². The van der Waals surface area contributed by atoms with Crippen LogP contribution in [0.2, 0.25) is 0 Å². The van der Waals surface area contributed by atoms with Gasteiger partial charge in [0.15, 0.2) is 0 Å². The van der Waals surface area contributed by atoms with Crippen molar-refractivity contribution < 1.29 is 4.74 Å². The van der Waals surface area contributed by atoms with Gasteiger partial charge in [0.2, 0.25) is 0 Å². The van der Waals surface area contributed by atoms with Crippen LogP contribution in [0.5, 0.6) is 5.75 Å². The molecule has 0 atom stereocenters. The lowest BCUT2D eigenvalue weighted by atomic mass is 10.00. The molecule has 0 aromatic heterocycles. The van der Waals surface area contributed by atoms with Gasteiger partial charge in [-0.2, -0.15) is 0 Å². The molecule has 0 spiro atoms. The van der Waals surface area contributed by atoms with Crippen molar-refractivity contribution in [3.63, 3.8) is 0 Å². The zero-order valence-corrected chi connectivity index (χ0v) is 11.3. The van der Waals surface area contributed by atoms with E-state index in [2.05, 4.69) is 36.1 Å². The van der Waals surface area contributed by atoms with Gasteiger partial charge in [-0.15, -0.1) is 0 Å². The average molecular weight is 240 g/mol. The lowest BCUT2D eigenvalue weighted by Gasteiger charge is -2.14. The first-order valence-corrected chi connectivity index (χ1v) is 5.96. The largest absolute Gasteiger partial charge is 0.497 e. The third-order valence-electron chi connectivity index (χ3n) is 3.03. The van der Waals surface area contributed by atoms with Crippen LogP contribution >= 0.6 is 0 Å². The summed E-state index contributed by atoms with van der Waals surface area (Å²) in [4.78, 5) is 2.09. The van der Waals surface area contributed by atoms with Gasteiger partial charge < -0.3 is 9.64 Å². The third kappa shape index (κ3) is 2.48. The van der Waals surface area contributed by atoms with E-state index in [1.165, 1.54) is 16.8 Å². The number of benzene rings is 2. The summed E-state index contributed by atoms with van der Waals surface area (Å²) >= 11 is 0. The van der Waals surface area contributed by atoms with Crippen LogP contribution in [0.3, 0.4) is 0 Å². The monoisotopic (exact) mass is 240 g/mol. The fourth-order valence-corrected chi connectivity index (χ4v) is 1.95. The van der Waals surface area contributed by atoms with Gasteiger partial charge in [0.05, 0.1) is 7.11 Å². The van der Waals surface area contributed by atoms with Gasteiger partial charge >= 0.3 is 0 Å². The molecule has 0 fully saturated rings. The molecule has 0 heterocycles. The van der Waals surface area contributed by atoms with Crippen LogP contribution in [0.1, 0.15) is 5.56 Å². The van der Waals surface area contributed by atoms with Crippen molar-refractivity contribution in [3.8, 4) is 16.9 Å². The fraction of sp³-hybridized carbons (Fsp3) is 0.250. The Kier molecular flexibility index (Phi) is 3.56. The quantitative estimate of drug-likeness (QED) is 0.813. The van der Waals surface area contributed by atoms with E-state index in [1.54, 1.807) is 7.11 Å². The maximum atomic E-state index is 5.23. The molecule has 0 aliphatic heterocycles. The number of methoxy groups -OCH3 is 1. The number of hydrogen-bond acceptors (Lipinski definition) is 2. The van der Waals surface area contributed by atoms with Gasteiger partial charge in [0.25, 0.3) is 0 Å². The Morgan fingerprint density at radius 1 is 1.11 bits per heavy atom. The van der Waals surface area contributed by atoms with E-state index in [0.717, 1.165) is 11.3 Å². The highest BCUT2D eigenvalue weighted by atomic mass is 16.5. The SMILES string of the molecule is COc1ccc(-c2[c]ccc(N(C)C)c2)c(C)c1. The van der Waals surface area contributed by atoms with Crippen molar-refractivity contribution in [3.05, 3.63) is 48.0 Å². The van der Waals surface area contributed by atoms with Crippen molar-refractivity contribution in [2.45, 2.75) is 6.92 Å². The second kappa shape index (κ2) is 5.13. The van der Waals surface area contributed by atoms with E-state index in [4.69, 9.17) is 4.74 Å². The van der Waals surface area contributed by atoms with Crippen LogP contribution in [0.15, 0.2) is 36.4 Å². The molecular formula is C16H18NO. The van der Waals surface area contributed by atoms with E-state index in [1.807, 2.05) is 32.3 Å². The minimum Gasteiger partial charge on any atom is -0.497 e. The van der Waals surface area contributed by atoms with E-state index in [9.17, 15) is 0 Å². The van der Waals surface area contributed by atoms with Gasteiger partial charge in [-0.05, 0) is 53.9 Å². The summed E-state index contributed by atoms with van der Waals surface area (Å²) in [6.45, 7) is 2.09. The predicted molar refractivity (Wildman–Crippen MR) is 76.3 cm³/mol. The molecule has 0 N–H and O–H groups in total. The molecule has 2 heteroatoms. The molecule has 2 aromatic carbocycles. The first-order valence-electron chi connectivity index (χ1n) is 5.96. The number of anilines is 1. The van der Waals surface area contributed by atoms with Crippen LogP contribution in [-0.4, -0.2) is 21.2 Å². The molecule has 0 aliphatic carbocycles. The second-order valence-corrected chi connectivity index (χ2v) is 4.54. The normalized spacial score (nSPS) is 10.2. The molecule has 1 radical (unpaired) electrons. The lowest BCUT2D eigenvalue weighted by molar-refractivity contribution is 0.414. The number of ether oxygens (including phenoxy) is 1. The van der Waals surface area contributed by atoms with E-state index < -0.39 is 0 Å². The Hall–Kier alpha value is -1.96. The van der Waals surface area contributed by atoms with E-state index in [0.29, 0.717) is 0 Å². The number of aryl methyl sites for hydroxylation is 1. The van der Waals surface area contributed by atoms with Crippen LogP contribution < -0.4 is 9.64 Å². The standard InChI is InChI=1S/C16H18NO/c1-12-10-15(18-4)8-9-16(12)13-6-5-7-14(11-13)17(2)3/h5,7-11H,1-4H3. The van der Waals surface area contributed by atoms with Crippen LogP contribution in [0.25, 0.3) is 11.1 Å². The molecule has 2 nitrogen and oxygen atoms in total. The molecular weight excluding hydrogens is 222 g/mol. The summed E-state index contributed by atoms with van der Waals surface area (Å²) in [5.41, 5.74) is 4.68. The summed E-state index contributed by atoms with van der Waals surface area (Å²) in [5.74, 6) is 0.889. The molecule has 0 aliphatic rings. The first kappa shape index (κ1) is 12.5. The summed E-state index contributed by atoms with van der Waals surface area (Å²) in [6, 6.07) is 15.6. The van der Waals surface area contributed by atoms with Gasteiger partial charge in [-0.1, -0.05) is 12.1 Å². The summed E-state index contributed by atoms with van der Waals surface area (Å²) in [5, 5.41) is 0. The van der Waals surface area contributed by atoms with Gasteiger partial charge in [0.1, 0.15) is 5.75 Å². The smallest absolute Gasteiger partial charge is 0.119 e. The maximum absolute atomic E-state index is 5.23. The molecule has 0 unspecified atom stereocenters. The van der Waals surface area contributed by atoms with E-state index in [-0.39, 0.29) is 0 Å². The van der Waals surface area contributed by atoms with E-state index >= 15 is 0 Å². The number of rotatable bonds is 3. The average Bonchev–Trinajstić information content (AvgIpc) is 2.38. The van der Waals surface area contributed by atoms with Crippen molar-refractivity contribution in [1.82, 2.24) is 0 Å². The Bertz CT molecular complexity index is 547. The van der Waals surface area contributed by atoms with Crippen molar-refractivity contribution in [1.29, 1.82) is 0 Å². The lowest BCUT2D eigenvalue weighted by Crippen LogP contribution is -2.08. The Morgan fingerprint density at radius 3 is 2.50 bits per heavy atom. The summed E-state index contributed by atoms with van der Waals surface area (Å²) in [7, 11) is 5.77. The Balaban J connectivity index is 2.45. The molecule has 2 rings (SSSR count). The molecule has 18 heavy (non-hydrogen) atoms. The van der Waals surface area contributed by atoms with Gasteiger partial charge in [-0.25, -0.2) is 0 Å². The molecule has 0 amide bonds. The summed E-state index contributed by atoms with van der Waals surface area (Å²) in [6.07, 6.45) is 0. The number of nitrogens with zero attached hydrogens (tertiary/aromatic N) is 1. The summed E-state index contributed by atoms with van der Waals surface area (Å²) < 4.78 is 5.23. The Morgan fingerprint density at radius 2 is 1.89 bits per heavy atom.